The molecule has 1 aromatic carbocycles. The zero-order valence-corrected chi connectivity index (χ0v) is 23.8. The van der Waals surface area contributed by atoms with Crippen molar-refractivity contribution in [1.82, 2.24) is 19.4 Å². The Morgan fingerprint density at radius 3 is 2.42 bits per heavy atom. The van der Waals surface area contributed by atoms with Crippen molar-refractivity contribution in [3.63, 3.8) is 0 Å². The minimum atomic E-state index is -0.591. The highest BCUT2D eigenvalue weighted by atomic mass is 16.6. The normalized spacial score (nSPS) is 14.3. The molecule has 3 heterocycles. The SMILES string of the molecule is CCCCOc1nc(N)c2cc(C(N)=O)n(Cc3ccc(CN(C(=O)OC(C)(C)C)C4CCOCC4)cc3)c2n1. The molecule has 3 aromatic rings. The van der Waals surface area contributed by atoms with E-state index in [0.717, 1.165) is 36.8 Å². The predicted molar refractivity (Wildman–Crippen MR) is 152 cm³/mol. The van der Waals surface area contributed by atoms with Crippen molar-refractivity contribution in [2.75, 3.05) is 25.6 Å². The Labute approximate surface area is 234 Å². The van der Waals surface area contributed by atoms with Gasteiger partial charge in [-0.05, 0) is 57.2 Å². The van der Waals surface area contributed by atoms with E-state index in [2.05, 4.69) is 16.9 Å². The van der Waals surface area contributed by atoms with Gasteiger partial charge in [0.25, 0.3) is 5.91 Å². The molecule has 4 rings (SSSR count). The number of carbonyl (C=O) groups excluding carboxylic acids is 2. The van der Waals surface area contributed by atoms with Gasteiger partial charge in [-0.25, -0.2) is 4.79 Å². The minimum absolute atomic E-state index is 0.0477. The third kappa shape index (κ3) is 7.20. The van der Waals surface area contributed by atoms with E-state index >= 15 is 0 Å². The number of hydrogen-bond donors (Lipinski definition) is 2. The number of unbranched alkanes of at least 4 members (excludes halogenated alkanes) is 1. The molecule has 11 heteroatoms. The number of nitrogen functional groups attached to an aromatic ring is 1. The van der Waals surface area contributed by atoms with Crippen LogP contribution in [0.25, 0.3) is 11.0 Å². The summed E-state index contributed by atoms with van der Waals surface area (Å²) in [6, 6.07) is 9.71. The number of fused-ring (bicyclic) bond motifs is 1. The van der Waals surface area contributed by atoms with Crippen LogP contribution in [-0.2, 0) is 22.6 Å². The fraction of sp³-hybridized carbons (Fsp3) is 0.517. The van der Waals surface area contributed by atoms with E-state index in [1.165, 1.54) is 0 Å². The molecule has 0 bridgehead atoms. The molecule has 1 aliphatic heterocycles. The van der Waals surface area contributed by atoms with Crippen LogP contribution in [0.1, 0.15) is 75.0 Å². The lowest BCUT2D eigenvalue weighted by molar-refractivity contribution is -0.00809. The van der Waals surface area contributed by atoms with Crippen molar-refractivity contribution in [3.05, 3.63) is 47.2 Å². The smallest absolute Gasteiger partial charge is 0.410 e. The highest BCUT2D eigenvalue weighted by Gasteiger charge is 2.30. The molecule has 0 spiro atoms. The molecule has 0 atom stereocenters. The number of nitrogens with two attached hydrogens (primary N) is 2. The first kappa shape index (κ1) is 29.1. The number of hydrogen-bond acceptors (Lipinski definition) is 8. The molecule has 0 aliphatic carbocycles. The Balaban J connectivity index is 1.57. The summed E-state index contributed by atoms with van der Waals surface area (Å²) in [6.07, 6.45) is 3.04. The molecule has 40 heavy (non-hydrogen) atoms. The number of anilines is 1. The molecule has 2 aromatic heterocycles. The second kappa shape index (κ2) is 12.5. The molecule has 11 nitrogen and oxygen atoms in total. The number of benzene rings is 1. The molecular formula is C29H40N6O5. The van der Waals surface area contributed by atoms with Gasteiger partial charge in [-0.1, -0.05) is 37.6 Å². The van der Waals surface area contributed by atoms with Crippen LogP contribution in [0.15, 0.2) is 30.3 Å². The standard InChI is InChI=1S/C29H40N6O5/c1-5-6-13-39-27-32-24(30)22-16-23(25(31)36)35(26(22)33-27)18-20-9-7-19(8-10-20)17-34(21-11-14-38-15-12-21)28(37)40-29(2,3)4/h7-10,16,21H,5-6,11-15,17-18H2,1-4H3,(H2,31,36)(H2,30,32,33). The zero-order chi connectivity index (χ0) is 28.9. The van der Waals surface area contributed by atoms with Crippen LogP contribution in [-0.4, -0.2) is 62.9 Å². The summed E-state index contributed by atoms with van der Waals surface area (Å²) >= 11 is 0. The summed E-state index contributed by atoms with van der Waals surface area (Å²) in [7, 11) is 0. The number of nitrogens with zero attached hydrogens (tertiary/aromatic N) is 4. The zero-order valence-electron chi connectivity index (χ0n) is 23.8. The van der Waals surface area contributed by atoms with Gasteiger partial charge >= 0.3 is 12.1 Å². The van der Waals surface area contributed by atoms with Crippen LogP contribution < -0.4 is 16.2 Å². The molecule has 0 radical (unpaired) electrons. The van der Waals surface area contributed by atoms with Gasteiger partial charge in [-0.2, -0.15) is 9.97 Å². The van der Waals surface area contributed by atoms with Gasteiger partial charge in [0, 0.05) is 32.3 Å². The maximum Gasteiger partial charge on any atom is 0.410 e. The van der Waals surface area contributed by atoms with Gasteiger partial charge in [0.05, 0.1) is 12.0 Å². The maximum atomic E-state index is 13.1. The summed E-state index contributed by atoms with van der Waals surface area (Å²) in [6.45, 7) is 10.1. The summed E-state index contributed by atoms with van der Waals surface area (Å²) in [5, 5.41) is 0.540. The highest BCUT2D eigenvalue weighted by molar-refractivity contribution is 5.99. The number of rotatable bonds is 10. The number of aromatic nitrogens is 3. The molecule has 0 saturated carbocycles. The second-order valence-electron chi connectivity index (χ2n) is 11.1. The maximum absolute atomic E-state index is 13.1. The first-order valence-corrected chi connectivity index (χ1v) is 13.8. The molecule has 1 saturated heterocycles. The summed E-state index contributed by atoms with van der Waals surface area (Å²) < 4.78 is 18.6. The Morgan fingerprint density at radius 2 is 1.80 bits per heavy atom. The van der Waals surface area contributed by atoms with Crippen LogP contribution in [0.2, 0.25) is 0 Å². The van der Waals surface area contributed by atoms with Gasteiger partial charge in [0.2, 0.25) is 0 Å². The molecular weight excluding hydrogens is 512 g/mol. The summed E-state index contributed by atoms with van der Waals surface area (Å²) in [5.41, 5.74) is 13.9. The molecule has 2 amide bonds. The summed E-state index contributed by atoms with van der Waals surface area (Å²) in [4.78, 5) is 36.0. The third-order valence-corrected chi connectivity index (χ3v) is 6.72. The summed E-state index contributed by atoms with van der Waals surface area (Å²) in [5.74, 6) is -0.365. The average Bonchev–Trinajstić information content (AvgIpc) is 3.27. The van der Waals surface area contributed by atoms with Crippen LogP contribution in [0.4, 0.5) is 10.6 Å². The van der Waals surface area contributed by atoms with Crippen molar-refractivity contribution in [2.45, 2.75) is 78.1 Å². The monoisotopic (exact) mass is 552 g/mol. The second-order valence-corrected chi connectivity index (χ2v) is 11.1. The van der Waals surface area contributed by atoms with Gasteiger partial charge in [-0.15, -0.1) is 0 Å². The van der Waals surface area contributed by atoms with Gasteiger partial charge in [-0.3, -0.25) is 4.79 Å². The quantitative estimate of drug-likeness (QED) is 0.355. The Morgan fingerprint density at radius 1 is 1.12 bits per heavy atom. The lowest BCUT2D eigenvalue weighted by Crippen LogP contribution is -2.45. The minimum Gasteiger partial charge on any atom is -0.463 e. The van der Waals surface area contributed by atoms with Crippen molar-refractivity contribution >= 4 is 28.9 Å². The predicted octanol–water partition coefficient (Wildman–Crippen LogP) is 4.26. The fourth-order valence-corrected chi connectivity index (χ4v) is 4.65. The van der Waals surface area contributed by atoms with Crippen molar-refractivity contribution in [2.24, 2.45) is 5.73 Å². The first-order chi connectivity index (χ1) is 19.1. The van der Waals surface area contributed by atoms with E-state index in [4.69, 9.17) is 25.7 Å². The molecule has 1 aliphatic rings. The Hall–Kier alpha value is -3.86. The fourth-order valence-electron chi connectivity index (χ4n) is 4.65. The lowest BCUT2D eigenvalue weighted by Gasteiger charge is -2.35. The van der Waals surface area contributed by atoms with E-state index in [-0.39, 0.29) is 29.7 Å². The van der Waals surface area contributed by atoms with E-state index in [0.29, 0.717) is 43.9 Å². The highest BCUT2D eigenvalue weighted by Crippen LogP contribution is 2.27. The van der Waals surface area contributed by atoms with E-state index in [1.807, 2.05) is 45.0 Å². The van der Waals surface area contributed by atoms with Crippen molar-refractivity contribution in [3.8, 4) is 6.01 Å². The molecule has 1 fully saturated rings. The van der Waals surface area contributed by atoms with Crippen LogP contribution in [0.5, 0.6) is 6.01 Å². The van der Waals surface area contributed by atoms with Crippen molar-refractivity contribution in [1.29, 1.82) is 0 Å². The molecule has 216 valence electrons. The van der Waals surface area contributed by atoms with Crippen LogP contribution in [0, 0.1) is 0 Å². The van der Waals surface area contributed by atoms with Crippen LogP contribution >= 0.6 is 0 Å². The van der Waals surface area contributed by atoms with Crippen molar-refractivity contribution < 1.29 is 23.8 Å². The number of carbonyl (C=O) groups is 2. The number of primary amides is 1. The van der Waals surface area contributed by atoms with E-state index in [9.17, 15) is 9.59 Å². The topological polar surface area (TPSA) is 148 Å². The lowest BCUT2D eigenvalue weighted by atomic mass is 10.1. The number of amides is 2. The largest absolute Gasteiger partial charge is 0.463 e. The number of ether oxygens (including phenoxy) is 3. The molecule has 0 unspecified atom stereocenters. The van der Waals surface area contributed by atoms with Gasteiger partial charge in [0.15, 0.2) is 0 Å². The van der Waals surface area contributed by atoms with Gasteiger partial charge in [0.1, 0.15) is 22.8 Å². The molecule has 4 N–H and O–H groups in total. The van der Waals surface area contributed by atoms with Crippen LogP contribution in [0.3, 0.4) is 0 Å². The van der Waals surface area contributed by atoms with Gasteiger partial charge < -0.3 is 35.1 Å². The Kier molecular flexibility index (Phi) is 9.14. The average molecular weight is 553 g/mol. The van der Waals surface area contributed by atoms with E-state index < -0.39 is 11.5 Å². The first-order valence-electron chi connectivity index (χ1n) is 13.8. The Bertz CT molecular complexity index is 1330. The third-order valence-electron chi connectivity index (χ3n) is 6.72. The van der Waals surface area contributed by atoms with E-state index in [1.54, 1.807) is 15.5 Å².